The average Bonchev–Trinajstić information content (AvgIpc) is 3.79. The van der Waals surface area contributed by atoms with Crippen LogP contribution in [-0.2, 0) is 21.8 Å². The van der Waals surface area contributed by atoms with Gasteiger partial charge in [-0.05, 0) is 87.0 Å². The normalized spacial score (nSPS) is 26.8. The molecule has 6 rings (SSSR count). The van der Waals surface area contributed by atoms with Crippen LogP contribution in [0.2, 0.25) is 10.0 Å². The predicted molar refractivity (Wildman–Crippen MR) is 157 cm³/mol. The number of benzene rings is 2. The maximum atomic E-state index is 13.9. The van der Waals surface area contributed by atoms with Crippen LogP contribution in [0.15, 0.2) is 36.4 Å². The molecule has 4 fully saturated rings. The number of alkyl halides is 6. The predicted octanol–water partition coefficient (Wildman–Crippen LogP) is 7.53. The Hall–Kier alpha value is -2.94. The van der Waals surface area contributed by atoms with Crippen LogP contribution in [0.5, 0.6) is 0 Å². The highest BCUT2D eigenvalue weighted by molar-refractivity contribution is 6.42. The highest BCUT2D eigenvalue weighted by Gasteiger charge is 2.45. The summed E-state index contributed by atoms with van der Waals surface area (Å²) in [4.78, 5) is 27.8. The van der Waals surface area contributed by atoms with Crippen molar-refractivity contribution in [3.05, 3.63) is 57.6 Å². The Kier molecular flexibility index (Phi) is 9.02. The lowest BCUT2D eigenvalue weighted by atomic mass is 9.99. The van der Waals surface area contributed by atoms with Gasteiger partial charge in [-0.1, -0.05) is 23.2 Å². The standard InChI is InChI=1S/C30H30Cl2F6N4O4/c31-23-4-3-19(10-24(23)32)41(27(43)45-13-21-15-1-5-25(21)39-11-15)42(28(44)46-14-22-16-2-6-26(22)40-12-16)20-8-17(29(33,34)35)7-18(9-20)30(36,37)38/h3-4,7-10,15-16,21-22,25-26,39-40H,1-2,5-6,11-14H2. The molecular formula is C30H30Cl2F6N4O4. The van der Waals surface area contributed by atoms with Gasteiger partial charge in [0, 0.05) is 23.9 Å². The van der Waals surface area contributed by atoms with E-state index in [1.807, 2.05) is 0 Å². The number of hydrazine groups is 1. The van der Waals surface area contributed by atoms with Gasteiger partial charge in [-0.2, -0.15) is 36.4 Å². The van der Waals surface area contributed by atoms with Gasteiger partial charge in [-0.25, -0.2) is 9.59 Å². The Bertz CT molecular complexity index is 1420. The molecule has 16 heteroatoms. The molecule has 0 aromatic heterocycles. The maximum absolute atomic E-state index is 13.9. The molecule has 2 aromatic rings. The fourth-order valence-electron chi connectivity index (χ4n) is 7.16. The Morgan fingerprint density at radius 3 is 1.54 bits per heavy atom. The van der Waals surface area contributed by atoms with Crippen molar-refractivity contribution in [3.63, 3.8) is 0 Å². The summed E-state index contributed by atoms with van der Waals surface area (Å²) in [6.45, 7) is 1.14. The first-order valence-corrected chi connectivity index (χ1v) is 15.6. The minimum Gasteiger partial charge on any atom is -0.448 e. The summed E-state index contributed by atoms with van der Waals surface area (Å²) in [6.07, 6.45) is -9.60. The smallest absolute Gasteiger partial charge is 0.434 e. The van der Waals surface area contributed by atoms with E-state index in [0.29, 0.717) is 28.7 Å². The lowest BCUT2D eigenvalue weighted by Gasteiger charge is -2.34. The fourth-order valence-corrected chi connectivity index (χ4v) is 7.46. The maximum Gasteiger partial charge on any atom is 0.434 e. The number of halogens is 8. The van der Waals surface area contributed by atoms with Crippen LogP contribution in [0.3, 0.4) is 0 Å². The molecule has 2 saturated carbocycles. The van der Waals surface area contributed by atoms with Gasteiger partial charge in [0.2, 0.25) is 0 Å². The first kappa shape index (κ1) is 33.0. The third kappa shape index (κ3) is 6.58. The highest BCUT2D eigenvalue weighted by atomic mass is 35.5. The molecule has 4 bridgehead atoms. The monoisotopic (exact) mass is 694 g/mol. The highest BCUT2D eigenvalue weighted by Crippen LogP contribution is 2.42. The molecule has 4 aliphatic rings. The molecule has 2 saturated heterocycles. The quantitative estimate of drug-likeness (QED) is 0.240. The summed E-state index contributed by atoms with van der Waals surface area (Å²) >= 11 is 12.3. The van der Waals surface area contributed by atoms with Crippen LogP contribution in [0, 0.1) is 23.7 Å². The molecular weight excluding hydrogens is 665 g/mol. The molecule has 2 aliphatic carbocycles. The van der Waals surface area contributed by atoms with Crippen molar-refractivity contribution in [2.24, 2.45) is 23.7 Å². The first-order chi connectivity index (χ1) is 21.7. The van der Waals surface area contributed by atoms with Crippen molar-refractivity contribution in [2.75, 3.05) is 36.3 Å². The topological polar surface area (TPSA) is 83.1 Å². The van der Waals surface area contributed by atoms with Crippen LogP contribution >= 0.6 is 23.2 Å². The zero-order valence-electron chi connectivity index (χ0n) is 24.1. The zero-order valence-corrected chi connectivity index (χ0v) is 25.6. The van der Waals surface area contributed by atoms with Crippen LogP contribution in [0.25, 0.3) is 0 Å². The number of amides is 2. The van der Waals surface area contributed by atoms with E-state index < -0.39 is 41.4 Å². The molecule has 2 aliphatic heterocycles. The molecule has 6 atom stereocenters. The Morgan fingerprint density at radius 1 is 0.696 bits per heavy atom. The summed E-state index contributed by atoms with van der Waals surface area (Å²) in [5.41, 5.74) is -4.52. The minimum absolute atomic E-state index is 0.0446. The number of rotatable bonds is 6. The van der Waals surface area contributed by atoms with E-state index in [9.17, 15) is 35.9 Å². The molecule has 0 spiro atoms. The van der Waals surface area contributed by atoms with Crippen molar-refractivity contribution >= 4 is 46.8 Å². The fraction of sp³-hybridized carbons (Fsp3) is 0.533. The van der Waals surface area contributed by atoms with Crippen LogP contribution in [-0.4, -0.2) is 50.6 Å². The van der Waals surface area contributed by atoms with E-state index in [1.54, 1.807) is 0 Å². The number of fused-ring (bicyclic) bond motifs is 4. The molecule has 2 heterocycles. The number of nitrogens with one attached hydrogen (secondary N) is 2. The van der Waals surface area contributed by atoms with E-state index in [4.69, 9.17) is 32.7 Å². The van der Waals surface area contributed by atoms with Crippen molar-refractivity contribution in [3.8, 4) is 0 Å². The number of hydrogen-bond acceptors (Lipinski definition) is 6. The summed E-state index contributed by atoms with van der Waals surface area (Å²) < 4.78 is 94.9. The van der Waals surface area contributed by atoms with Crippen LogP contribution < -0.4 is 20.7 Å². The van der Waals surface area contributed by atoms with Gasteiger partial charge in [0.25, 0.3) is 0 Å². The molecule has 8 nitrogen and oxygen atoms in total. The SMILES string of the molecule is O=C(OCC1C2CCC1NC2)N(c1cc(C(F)(F)F)cc(C(F)(F)F)c1)N(C(=O)OCC1C2CCC1NC2)c1ccc(Cl)c(Cl)c1. The lowest BCUT2D eigenvalue weighted by Crippen LogP contribution is -2.52. The number of carbonyl (C=O) groups excluding carboxylic acids is 2. The van der Waals surface area contributed by atoms with Gasteiger partial charge in [-0.3, -0.25) is 0 Å². The summed E-state index contributed by atoms with van der Waals surface area (Å²) in [7, 11) is 0. The summed E-state index contributed by atoms with van der Waals surface area (Å²) in [6, 6.07) is 4.39. The number of piperidine rings is 2. The second-order valence-corrected chi connectivity index (χ2v) is 13.0. The van der Waals surface area contributed by atoms with Gasteiger partial charge < -0.3 is 20.1 Å². The van der Waals surface area contributed by atoms with Gasteiger partial charge in [0.1, 0.15) is 0 Å². The van der Waals surface area contributed by atoms with Gasteiger partial charge in [-0.15, -0.1) is 0 Å². The number of carbonyl (C=O) groups is 2. The average molecular weight is 695 g/mol. The summed E-state index contributed by atoms with van der Waals surface area (Å²) in [5, 5.41) is 7.44. The van der Waals surface area contributed by atoms with Gasteiger partial charge in [0.15, 0.2) is 0 Å². The van der Waals surface area contributed by atoms with Crippen molar-refractivity contribution in [1.29, 1.82) is 0 Å². The molecule has 6 unspecified atom stereocenters. The third-order valence-corrected chi connectivity index (χ3v) is 10.3. The van der Waals surface area contributed by atoms with Gasteiger partial charge in [0.05, 0.1) is 45.8 Å². The largest absolute Gasteiger partial charge is 0.448 e. The van der Waals surface area contributed by atoms with E-state index >= 15 is 0 Å². The van der Waals surface area contributed by atoms with Crippen LogP contribution in [0.4, 0.5) is 47.3 Å². The van der Waals surface area contributed by atoms with E-state index in [0.717, 1.165) is 38.3 Å². The number of nitrogens with zero attached hydrogens (tertiary/aromatic N) is 2. The molecule has 46 heavy (non-hydrogen) atoms. The second kappa shape index (κ2) is 12.6. The number of ether oxygens (including phenoxy) is 2. The minimum atomic E-state index is -5.23. The number of anilines is 2. The zero-order chi connectivity index (χ0) is 33.0. The second-order valence-electron chi connectivity index (χ2n) is 12.2. The Morgan fingerprint density at radius 2 is 1.17 bits per heavy atom. The van der Waals surface area contributed by atoms with Crippen molar-refractivity contribution in [2.45, 2.75) is 50.1 Å². The van der Waals surface area contributed by atoms with E-state index in [1.165, 1.54) is 12.1 Å². The molecule has 250 valence electrons. The number of hydrogen-bond donors (Lipinski definition) is 2. The van der Waals surface area contributed by atoms with E-state index in [2.05, 4.69) is 10.6 Å². The molecule has 2 aromatic carbocycles. The summed E-state index contributed by atoms with van der Waals surface area (Å²) in [5.74, 6) is 0.234. The van der Waals surface area contributed by atoms with Crippen molar-refractivity contribution < 1.29 is 45.4 Å². The first-order valence-electron chi connectivity index (χ1n) is 14.9. The Labute approximate surface area is 270 Å². The molecule has 0 radical (unpaired) electrons. The van der Waals surface area contributed by atoms with Crippen molar-refractivity contribution in [1.82, 2.24) is 10.6 Å². The van der Waals surface area contributed by atoms with Crippen LogP contribution in [0.1, 0.15) is 36.8 Å². The lowest BCUT2D eigenvalue weighted by molar-refractivity contribution is -0.143. The van der Waals surface area contributed by atoms with E-state index in [-0.39, 0.29) is 70.8 Å². The Balaban J connectivity index is 1.42. The molecule has 2 N–H and O–H groups in total. The molecule has 2 amide bonds. The third-order valence-electron chi connectivity index (χ3n) is 9.54. The van der Waals surface area contributed by atoms with Gasteiger partial charge >= 0.3 is 24.5 Å².